The van der Waals surface area contributed by atoms with Crippen LogP contribution in [0.5, 0.6) is 0 Å². The van der Waals surface area contributed by atoms with E-state index in [-0.39, 0.29) is 0 Å². The zero-order valence-electron chi connectivity index (χ0n) is 9.70. The van der Waals surface area contributed by atoms with Crippen molar-refractivity contribution in [3.05, 3.63) is 34.3 Å². The lowest BCUT2D eigenvalue weighted by molar-refractivity contribution is 0.241. The number of nitrogens with two attached hydrogens (primary N) is 1. The van der Waals surface area contributed by atoms with Crippen LogP contribution in [0.4, 0.5) is 0 Å². The number of likely N-dealkylation sites (tertiary alicyclic amines) is 1. The summed E-state index contributed by atoms with van der Waals surface area (Å²) in [6.07, 6.45) is 1.22. The highest BCUT2D eigenvalue weighted by Crippen LogP contribution is 2.39. The van der Waals surface area contributed by atoms with Crippen molar-refractivity contribution in [1.29, 1.82) is 0 Å². The lowest BCUT2D eigenvalue weighted by Crippen LogP contribution is -2.28. The largest absolute Gasteiger partial charge is 0.330 e. The Morgan fingerprint density at radius 2 is 2.19 bits per heavy atom. The molecule has 2 nitrogen and oxygen atoms in total. The normalized spacial score (nSPS) is 26.2. The summed E-state index contributed by atoms with van der Waals surface area (Å²) in [5, 5.41) is 0. The maximum absolute atomic E-state index is 5.89. The quantitative estimate of drug-likeness (QED) is 0.924. The number of benzene rings is 1. The first kappa shape index (κ1) is 12.1. The number of halogens is 1. The second-order valence-corrected chi connectivity index (χ2v) is 5.23. The van der Waals surface area contributed by atoms with Crippen molar-refractivity contribution in [2.24, 2.45) is 11.7 Å². The third kappa shape index (κ3) is 2.17. The molecule has 1 heterocycles. The molecule has 0 spiro atoms. The molecule has 0 saturated carbocycles. The summed E-state index contributed by atoms with van der Waals surface area (Å²) < 4.78 is 1.21. The average molecular weight is 283 g/mol. The second-order valence-electron chi connectivity index (χ2n) is 4.38. The van der Waals surface area contributed by atoms with E-state index in [1.54, 1.807) is 0 Å². The van der Waals surface area contributed by atoms with Gasteiger partial charge in [-0.2, -0.15) is 0 Å². The minimum atomic E-state index is 0.491. The molecule has 2 rings (SSSR count). The van der Waals surface area contributed by atoms with E-state index in [1.165, 1.54) is 23.0 Å². The summed E-state index contributed by atoms with van der Waals surface area (Å²) in [5.41, 5.74) is 7.27. The Morgan fingerprint density at radius 3 is 2.81 bits per heavy atom. The maximum atomic E-state index is 5.89. The van der Waals surface area contributed by atoms with Crippen LogP contribution in [0.3, 0.4) is 0 Å². The number of rotatable bonds is 3. The van der Waals surface area contributed by atoms with Crippen molar-refractivity contribution in [2.45, 2.75) is 19.4 Å². The van der Waals surface area contributed by atoms with Gasteiger partial charge in [0.1, 0.15) is 0 Å². The molecule has 1 aromatic rings. The van der Waals surface area contributed by atoms with Gasteiger partial charge >= 0.3 is 0 Å². The summed E-state index contributed by atoms with van der Waals surface area (Å²) in [5.74, 6) is 0.596. The zero-order chi connectivity index (χ0) is 11.5. The topological polar surface area (TPSA) is 29.3 Å². The molecule has 88 valence electrons. The zero-order valence-corrected chi connectivity index (χ0v) is 11.3. The molecule has 0 bridgehead atoms. The molecule has 0 aliphatic carbocycles. The van der Waals surface area contributed by atoms with Crippen LogP contribution >= 0.6 is 15.9 Å². The highest BCUT2D eigenvalue weighted by atomic mass is 79.9. The van der Waals surface area contributed by atoms with Gasteiger partial charge in [-0.05, 0) is 43.6 Å². The van der Waals surface area contributed by atoms with Crippen LogP contribution in [0, 0.1) is 5.92 Å². The predicted octanol–water partition coefficient (Wildman–Crippen LogP) is 2.79. The van der Waals surface area contributed by atoms with Gasteiger partial charge in [-0.3, -0.25) is 4.90 Å². The van der Waals surface area contributed by atoms with Crippen molar-refractivity contribution in [2.75, 3.05) is 19.6 Å². The van der Waals surface area contributed by atoms with Crippen LogP contribution < -0.4 is 5.73 Å². The molecular formula is C13H19BrN2. The highest BCUT2D eigenvalue weighted by Gasteiger charge is 2.34. The van der Waals surface area contributed by atoms with E-state index < -0.39 is 0 Å². The molecule has 16 heavy (non-hydrogen) atoms. The second kappa shape index (κ2) is 5.30. The van der Waals surface area contributed by atoms with Crippen LogP contribution in [-0.2, 0) is 0 Å². The third-order valence-electron chi connectivity index (χ3n) is 3.56. The van der Waals surface area contributed by atoms with Gasteiger partial charge in [-0.1, -0.05) is 41.1 Å². The SMILES string of the molecule is CCN1CCC(CN)C1c1ccccc1Br. The maximum Gasteiger partial charge on any atom is 0.0399 e. The van der Waals surface area contributed by atoms with E-state index in [0.29, 0.717) is 12.0 Å². The van der Waals surface area contributed by atoms with Gasteiger partial charge in [0.05, 0.1) is 0 Å². The first-order chi connectivity index (χ1) is 7.77. The number of nitrogens with zero attached hydrogens (tertiary/aromatic N) is 1. The molecule has 0 amide bonds. The summed E-state index contributed by atoms with van der Waals surface area (Å²) in [6.45, 7) is 5.28. The highest BCUT2D eigenvalue weighted by molar-refractivity contribution is 9.10. The van der Waals surface area contributed by atoms with Gasteiger partial charge in [-0.15, -0.1) is 0 Å². The molecule has 3 heteroatoms. The van der Waals surface area contributed by atoms with Crippen molar-refractivity contribution in [3.8, 4) is 0 Å². The van der Waals surface area contributed by atoms with E-state index in [1.807, 2.05) is 0 Å². The van der Waals surface area contributed by atoms with Crippen molar-refractivity contribution >= 4 is 15.9 Å². The molecule has 2 atom stereocenters. The summed E-state index contributed by atoms with van der Waals surface area (Å²) in [7, 11) is 0. The number of hydrogen-bond donors (Lipinski definition) is 1. The number of hydrogen-bond acceptors (Lipinski definition) is 2. The van der Waals surface area contributed by atoms with Crippen LogP contribution in [0.25, 0.3) is 0 Å². The molecule has 0 radical (unpaired) electrons. The molecule has 1 aromatic carbocycles. The lowest BCUT2D eigenvalue weighted by Gasteiger charge is -2.28. The lowest BCUT2D eigenvalue weighted by atomic mass is 9.94. The predicted molar refractivity (Wildman–Crippen MR) is 71.3 cm³/mol. The first-order valence-electron chi connectivity index (χ1n) is 5.96. The van der Waals surface area contributed by atoms with E-state index in [4.69, 9.17) is 5.73 Å². The molecule has 0 aromatic heterocycles. The first-order valence-corrected chi connectivity index (χ1v) is 6.75. The van der Waals surface area contributed by atoms with Crippen molar-refractivity contribution in [1.82, 2.24) is 4.90 Å². The van der Waals surface area contributed by atoms with Gasteiger partial charge in [0, 0.05) is 10.5 Å². The van der Waals surface area contributed by atoms with Crippen LogP contribution in [-0.4, -0.2) is 24.5 Å². The monoisotopic (exact) mass is 282 g/mol. The van der Waals surface area contributed by atoms with Gasteiger partial charge < -0.3 is 5.73 Å². The summed E-state index contributed by atoms with van der Waals surface area (Å²) in [4.78, 5) is 2.53. The Bertz CT molecular complexity index is 342. The molecule has 2 N–H and O–H groups in total. The molecular weight excluding hydrogens is 264 g/mol. The van der Waals surface area contributed by atoms with Crippen LogP contribution in [0.15, 0.2) is 28.7 Å². The van der Waals surface area contributed by atoms with Gasteiger partial charge in [0.2, 0.25) is 0 Å². The molecule has 2 unspecified atom stereocenters. The molecule has 1 aliphatic rings. The Kier molecular flexibility index (Phi) is 4.00. The van der Waals surface area contributed by atoms with Gasteiger partial charge in [0.15, 0.2) is 0 Å². The van der Waals surface area contributed by atoms with Crippen LogP contribution in [0.2, 0.25) is 0 Å². The summed E-state index contributed by atoms with van der Waals surface area (Å²) >= 11 is 3.65. The van der Waals surface area contributed by atoms with E-state index in [0.717, 1.165) is 13.1 Å². The fraction of sp³-hybridized carbons (Fsp3) is 0.538. The summed E-state index contributed by atoms with van der Waals surface area (Å²) in [6, 6.07) is 9.00. The average Bonchev–Trinajstić information content (AvgIpc) is 2.72. The van der Waals surface area contributed by atoms with Gasteiger partial charge in [-0.25, -0.2) is 0 Å². The molecule has 1 fully saturated rings. The fourth-order valence-corrected chi connectivity index (χ4v) is 3.21. The Hall–Kier alpha value is -0.380. The Labute approximate surface area is 106 Å². The van der Waals surface area contributed by atoms with Crippen LogP contribution in [0.1, 0.15) is 24.9 Å². The van der Waals surface area contributed by atoms with E-state index in [2.05, 4.69) is 52.0 Å². The Morgan fingerprint density at radius 1 is 1.44 bits per heavy atom. The standard InChI is InChI=1S/C13H19BrN2/c1-2-16-8-7-10(9-15)13(16)11-5-3-4-6-12(11)14/h3-6,10,13H,2,7-9,15H2,1H3. The minimum Gasteiger partial charge on any atom is -0.330 e. The minimum absolute atomic E-state index is 0.491. The van der Waals surface area contributed by atoms with E-state index in [9.17, 15) is 0 Å². The van der Waals surface area contributed by atoms with E-state index >= 15 is 0 Å². The smallest absolute Gasteiger partial charge is 0.0399 e. The van der Waals surface area contributed by atoms with Crippen molar-refractivity contribution in [3.63, 3.8) is 0 Å². The fourth-order valence-electron chi connectivity index (χ4n) is 2.69. The molecule has 1 aliphatic heterocycles. The third-order valence-corrected chi connectivity index (χ3v) is 4.28. The Balaban J connectivity index is 2.32. The van der Waals surface area contributed by atoms with Crippen molar-refractivity contribution < 1.29 is 0 Å². The van der Waals surface area contributed by atoms with Gasteiger partial charge in [0.25, 0.3) is 0 Å². The molecule has 1 saturated heterocycles.